The van der Waals surface area contributed by atoms with Gasteiger partial charge < -0.3 is 0 Å². The zero-order valence-corrected chi connectivity index (χ0v) is 3.40. The van der Waals surface area contributed by atoms with E-state index in [0.29, 0.717) is 6.08 Å². The lowest BCUT2D eigenvalue weighted by atomic mass is 10.6. The average Bonchev–Trinajstić information content (AvgIpc) is 1.65. The molecular formula is C3H3F2NO. The molecule has 0 aliphatic heterocycles. The number of nitrogens with zero attached hydrogens (tertiary/aromatic N) is 1. The molecule has 0 aromatic carbocycles. The topological polar surface area (TPSA) is 20.3 Å². The van der Waals surface area contributed by atoms with Crippen LogP contribution in [0.25, 0.3) is 0 Å². The van der Waals surface area contributed by atoms with Crippen LogP contribution in [0.2, 0.25) is 0 Å². The predicted molar refractivity (Wildman–Crippen MR) is 19.3 cm³/mol. The number of hydrogen-bond donors (Lipinski definition) is 0. The first kappa shape index (κ1) is 6.07. The zero-order valence-electron chi connectivity index (χ0n) is 3.40. The molecule has 4 heteroatoms. The molecule has 1 amide bonds. The minimum absolute atomic E-state index is 0.528. The van der Waals surface area contributed by atoms with Crippen molar-refractivity contribution >= 4 is 5.91 Å². The van der Waals surface area contributed by atoms with Gasteiger partial charge in [0, 0.05) is 11.4 Å². The van der Waals surface area contributed by atoms with Gasteiger partial charge in [-0.25, -0.2) is 0 Å². The summed E-state index contributed by atoms with van der Waals surface area (Å²) in [6, 6.07) is 0. The van der Waals surface area contributed by atoms with Gasteiger partial charge >= 0.3 is 5.91 Å². The van der Waals surface area contributed by atoms with Crippen molar-refractivity contribution in [2.24, 2.45) is 0 Å². The lowest BCUT2D eigenvalue weighted by Crippen LogP contribution is -2.08. The Morgan fingerprint density at radius 3 is 2.14 bits per heavy atom. The maximum absolute atomic E-state index is 10.8. The Labute approximate surface area is 38.9 Å². The maximum atomic E-state index is 10.8. The molecule has 0 saturated carbocycles. The Hall–Kier alpha value is -0.930. The minimum atomic E-state index is -1.53. The van der Waals surface area contributed by atoms with Gasteiger partial charge in [0.05, 0.1) is 0 Å². The smallest absolute Gasteiger partial charge is 0.264 e. The van der Waals surface area contributed by atoms with Crippen LogP contribution in [-0.4, -0.2) is 11.3 Å². The molecule has 0 unspecified atom stereocenters. The van der Waals surface area contributed by atoms with Crippen molar-refractivity contribution in [3.05, 3.63) is 12.7 Å². The van der Waals surface area contributed by atoms with Crippen molar-refractivity contribution in [1.29, 1.82) is 0 Å². The summed E-state index contributed by atoms with van der Waals surface area (Å²) in [5.74, 6) is -1.39. The Balaban J connectivity index is 3.56. The maximum Gasteiger partial charge on any atom is 0.306 e. The fraction of sp³-hybridized carbons (Fsp3) is 0. The molecule has 0 N–H and O–H groups in total. The van der Waals surface area contributed by atoms with Gasteiger partial charge in [0.1, 0.15) is 0 Å². The third-order valence-corrected chi connectivity index (χ3v) is 0.341. The van der Waals surface area contributed by atoms with Crippen molar-refractivity contribution in [2.75, 3.05) is 0 Å². The first-order chi connectivity index (χ1) is 3.18. The van der Waals surface area contributed by atoms with E-state index in [4.69, 9.17) is 0 Å². The van der Waals surface area contributed by atoms with Gasteiger partial charge in [-0.1, -0.05) is 15.5 Å². The predicted octanol–water partition coefficient (Wildman–Crippen LogP) is 0.770. The molecule has 2 nitrogen and oxygen atoms in total. The normalized spacial score (nSPS) is 7.71. The van der Waals surface area contributed by atoms with Gasteiger partial charge in [0.25, 0.3) is 0 Å². The second-order valence-corrected chi connectivity index (χ2v) is 0.775. The molecule has 7 heavy (non-hydrogen) atoms. The molecule has 0 aromatic rings. The standard InChI is InChI=1S/C3H3F2NO/c1-2-3(7)6(4)5/h2H,1H2. The molecule has 0 aliphatic carbocycles. The molecule has 0 fully saturated rings. The van der Waals surface area contributed by atoms with Gasteiger partial charge in [-0.3, -0.25) is 4.79 Å². The summed E-state index contributed by atoms with van der Waals surface area (Å²) in [5, 5.41) is -1.53. The third-order valence-electron chi connectivity index (χ3n) is 0.341. The fourth-order valence-corrected chi connectivity index (χ4v) is 0.0690. The molecule has 0 radical (unpaired) electrons. The first-order valence-corrected chi connectivity index (χ1v) is 1.46. The van der Waals surface area contributed by atoms with Gasteiger partial charge in [0.2, 0.25) is 0 Å². The van der Waals surface area contributed by atoms with Crippen LogP contribution < -0.4 is 0 Å². The molecule has 0 aliphatic rings. The summed E-state index contributed by atoms with van der Waals surface area (Å²) in [6.45, 7) is 2.81. The molecule has 0 aromatic heterocycles. The van der Waals surface area contributed by atoms with Crippen LogP contribution in [0.3, 0.4) is 0 Å². The monoisotopic (exact) mass is 107 g/mol. The Bertz CT molecular complexity index is 90.9. The van der Waals surface area contributed by atoms with Crippen molar-refractivity contribution in [1.82, 2.24) is 5.34 Å². The van der Waals surface area contributed by atoms with Crippen LogP contribution in [0, 0.1) is 0 Å². The molecule has 0 rings (SSSR count). The van der Waals surface area contributed by atoms with Gasteiger partial charge in [0.15, 0.2) is 0 Å². The minimum Gasteiger partial charge on any atom is -0.264 e. The quantitative estimate of drug-likeness (QED) is 0.358. The van der Waals surface area contributed by atoms with E-state index < -0.39 is 11.3 Å². The van der Waals surface area contributed by atoms with E-state index >= 15 is 0 Å². The second-order valence-electron chi connectivity index (χ2n) is 0.775. The second kappa shape index (κ2) is 2.28. The van der Waals surface area contributed by atoms with Gasteiger partial charge in [-0.05, 0) is 0 Å². The van der Waals surface area contributed by atoms with Crippen LogP contribution >= 0.6 is 0 Å². The van der Waals surface area contributed by atoms with Gasteiger partial charge in [-0.15, -0.1) is 0 Å². The number of carbonyl (C=O) groups is 1. The highest BCUT2D eigenvalue weighted by atomic mass is 19.4. The Morgan fingerprint density at radius 2 is 2.14 bits per heavy atom. The zero-order chi connectivity index (χ0) is 5.86. The van der Waals surface area contributed by atoms with Crippen LogP contribution in [-0.2, 0) is 4.79 Å². The molecule has 0 heterocycles. The summed E-state index contributed by atoms with van der Waals surface area (Å²) < 4.78 is 21.7. The number of carbonyl (C=O) groups excluding carboxylic acids is 1. The van der Waals surface area contributed by atoms with Crippen molar-refractivity contribution in [3.63, 3.8) is 0 Å². The molecule has 0 atom stereocenters. The van der Waals surface area contributed by atoms with E-state index in [9.17, 15) is 13.8 Å². The van der Waals surface area contributed by atoms with Crippen LogP contribution in [0.5, 0.6) is 0 Å². The van der Waals surface area contributed by atoms with E-state index in [-0.39, 0.29) is 0 Å². The van der Waals surface area contributed by atoms with E-state index in [1.54, 1.807) is 0 Å². The van der Waals surface area contributed by atoms with Crippen molar-refractivity contribution in [2.45, 2.75) is 0 Å². The van der Waals surface area contributed by atoms with Crippen LogP contribution in [0.15, 0.2) is 12.7 Å². The van der Waals surface area contributed by atoms with Crippen LogP contribution in [0.1, 0.15) is 0 Å². The summed E-state index contributed by atoms with van der Waals surface area (Å²) in [7, 11) is 0. The number of rotatable bonds is 1. The first-order valence-electron chi connectivity index (χ1n) is 1.46. The molecular weight excluding hydrogens is 104 g/mol. The van der Waals surface area contributed by atoms with Crippen molar-refractivity contribution < 1.29 is 13.8 Å². The van der Waals surface area contributed by atoms with Gasteiger partial charge in [-0.2, -0.15) is 0 Å². The summed E-state index contributed by atoms with van der Waals surface area (Å²) in [6.07, 6.45) is 0.528. The largest absolute Gasteiger partial charge is 0.306 e. The molecule has 40 valence electrons. The number of amides is 1. The summed E-state index contributed by atoms with van der Waals surface area (Å²) in [5.41, 5.74) is 0. The number of hydrogen-bond acceptors (Lipinski definition) is 1. The number of halogens is 2. The highest BCUT2D eigenvalue weighted by molar-refractivity contribution is 5.85. The lowest BCUT2D eigenvalue weighted by Gasteiger charge is -1.89. The van der Waals surface area contributed by atoms with E-state index in [1.165, 1.54) is 0 Å². The summed E-state index contributed by atoms with van der Waals surface area (Å²) in [4.78, 5) is 9.57. The molecule has 0 bridgehead atoms. The molecule has 0 spiro atoms. The SMILES string of the molecule is C=CC(=O)N(F)F. The Morgan fingerprint density at radius 1 is 1.71 bits per heavy atom. The highest BCUT2D eigenvalue weighted by Gasteiger charge is 2.03. The third kappa shape index (κ3) is 1.86. The highest BCUT2D eigenvalue weighted by Crippen LogP contribution is 1.88. The summed E-state index contributed by atoms with van der Waals surface area (Å²) >= 11 is 0. The van der Waals surface area contributed by atoms with Crippen LogP contribution in [0.4, 0.5) is 8.96 Å². The van der Waals surface area contributed by atoms with E-state index in [0.717, 1.165) is 0 Å². The van der Waals surface area contributed by atoms with E-state index in [1.807, 2.05) is 0 Å². The fourth-order valence-electron chi connectivity index (χ4n) is 0.0690. The lowest BCUT2D eigenvalue weighted by molar-refractivity contribution is -0.180. The van der Waals surface area contributed by atoms with Crippen molar-refractivity contribution in [3.8, 4) is 0 Å². The average molecular weight is 107 g/mol. The van der Waals surface area contributed by atoms with E-state index in [2.05, 4.69) is 6.58 Å². The molecule has 0 saturated heterocycles. The Kier molecular flexibility index (Phi) is 1.98.